The topological polar surface area (TPSA) is 57.7 Å². The number of para-hydroxylation sites is 1. The van der Waals surface area contributed by atoms with Crippen molar-refractivity contribution < 1.29 is 19.0 Å². The van der Waals surface area contributed by atoms with Crippen molar-refractivity contribution in [1.82, 2.24) is 4.98 Å². The fraction of sp³-hybridized carbons (Fsp3) is 0.100. The van der Waals surface area contributed by atoms with E-state index in [0.717, 1.165) is 5.56 Å². The van der Waals surface area contributed by atoms with Gasteiger partial charge in [-0.2, -0.15) is 0 Å². The summed E-state index contributed by atoms with van der Waals surface area (Å²) in [6.07, 6.45) is 3.33. The van der Waals surface area contributed by atoms with Gasteiger partial charge in [0.1, 0.15) is 29.4 Å². The molecule has 0 fully saturated rings. The average Bonchev–Trinajstić information content (AvgIpc) is 2.67. The summed E-state index contributed by atoms with van der Waals surface area (Å²) in [6.45, 7) is 0.332. The molecule has 0 aliphatic rings. The van der Waals surface area contributed by atoms with Gasteiger partial charge in [-0.3, -0.25) is 4.98 Å². The SMILES string of the molecule is COC(=O)c1ccc(COc2cccnc2)cc1Oc1ccccc1. The van der Waals surface area contributed by atoms with Gasteiger partial charge in [-0.1, -0.05) is 24.3 Å². The Morgan fingerprint density at radius 1 is 1.00 bits per heavy atom. The Labute approximate surface area is 145 Å². The van der Waals surface area contributed by atoms with Crippen molar-refractivity contribution in [3.05, 3.63) is 84.2 Å². The van der Waals surface area contributed by atoms with Crippen molar-refractivity contribution in [2.24, 2.45) is 0 Å². The number of ether oxygens (including phenoxy) is 3. The van der Waals surface area contributed by atoms with Crippen LogP contribution in [0.4, 0.5) is 0 Å². The van der Waals surface area contributed by atoms with Crippen molar-refractivity contribution in [3.8, 4) is 17.2 Å². The Bertz CT molecular complexity index is 835. The summed E-state index contributed by atoms with van der Waals surface area (Å²) in [7, 11) is 1.34. The highest BCUT2D eigenvalue weighted by atomic mass is 16.5. The minimum Gasteiger partial charge on any atom is -0.487 e. The van der Waals surface area contributed by atoms with Crippen molar-refractivity contribution >= 4 is 5.97 Å². The first kappa shape index (κ1) is 16.5. The highest BCUT2D eigenvalue weighted by molar-refractivity contribution is 5.92. The van der Waals surface area contributed by atoms with E-state index in [0.29, 0.717) is 29.4 Å². The molecular formula is C20H17NO4. The van der Waals surface area contributed by atoms with Gasteiger partial charge in [-0.25, -0.2) is 4.79 Å². The first-order valence-electron chi connectivity index (χ1n) is 7.73. The second kappa shape index (κ2) is 7.97. The largest absolute Gasteiger partial charge is 0.487 e. The molecule has 0 saturated heterocycles. The van der Waals surface area contributed by atoms with Crippen LogP contribution in [-0.2, 0) is 11.3 Å². The third-order valence-electron chi connectivity index (χ3n) is 3.46. The molecule has 0 atom stereocenters. The lowest BCUT2D eigenvalue weighted by atomic mass is 10.1. The van der Waals surface area contributed by atoms with E-state index in [-0.39, 0.29) is 0 Å². The summed E-state index contributed by atoms with van der Waals surface area (Å²) >= 11 is 0. The number of benzene rings is 2. The summed E-state index contributed by atoms with van der Waals surface area (Å²) in [5, 5.41) is 0. The number of nitrogens with zero attached hydrogens (tertiary/aromatic N) is 1. The minimum absolute atomic E-state index is 0.332. The predicted octanol–water partition coefficient (Wildman–Crippen LogP) is 4.24. The molecule has 126 valence electrons. The van der Waals surface area contributed by atoms with Gasteiger partial charge in [0, 0.05) is 6.20 Å². The van der Waals surface area contributed by atoms with Crippen molar-refractivity contribution in [1.29, 1.82) is 0 Å². The lowest BCUT2D eigenvalue weighted by Gasteiger charge is -2.12. The van der Waals surface area contributed by atoms with Crippen molar-refractivity contribution in [2.75, 3.05) is 7.11 Å². The number of hydrogen-bond acceptors (Lipinski definition) is 5. The van der Waals surface area contributed by atoms with Crippen molar-refractivity contribution in [2.45, 2.75) is 6.61 Å². The van der Waals surface area contributed by atoms with E-state index in [1.807, 2.05) is 36.4 Å². The van der Waals surface area contributed by atoms with Gasteiger partial charge < -0.3 is 14.2 Å². The molecule has 0 amide bonds. The molecule has 5 heteroatoms. The van der Waals surface area contributed by atoms with Crippen LogP contribution >= 0.6 is 0 Å². The fourth-order valence-corrected chi connectivity index (χ4v) is 2.23. The molecule has 0 aliphatic carbocycles. The van der Waals surface area contributed by atoms with Crippen LogP contribution in [0.2, 0.25) is 0 Å². The molecule has 1 heterocycles. The van der Waals surface area contributed by atoms with Crippen LogP contribution in [0.5, 0.6) is 17.2 Å². The maximum atomic E-state index is 12.0. The maximum Gasteiger partial charge on any atom is 0.341 e. The zero-order valence-corrected chi connectivity index (χ0v) is 13.7. The summed E-state index contributed by atoms with van der Waals surface area (Å²) in [5.74, 6) is 1.28. The second-order valence-electron chi connectivity index (χ2n) is 5.21. The highest BCUT2D eigenvalue weighted by Crippen LogP contribution is 2.27. The van der Waals surface area contributed by atoms with Crippen LogP contribution in [0.15, 0.2) is 73.1 Å². The van der Waals surface area contributed by atoms with Crippen molar-refractivity contribution in [3.63, 3.8) is 0 Å². The number of carbonyl (C=O) groups is 1. The lowest BCUT2D eigenvalue weighted by Crippen LogP contribution is -2.05. The van der Waals surface area contributed by atoms with Crippen LogP contribution in [0, 0.1) is 0 Å². The Morgan fingerprint density at radius 2 is 1.80 bits per heavy atom. The Balaban J connectivity index is 1.83. The third kappa shape index (κ3) is 4.35. The molecular weight excluding hydrogens is 318 g/mol. The van der Waals surface area contributed by atoms with Gasteiger partial charge in [-0.15, -0.1) is 0 Å². The number of esters is 1. The molecule has 0 bridgehead atoms. The number of pyridine rings is 1. The van der Waals surface area contributed by atoms with Gasteiger partial charge in [0.25, 0.3) is 0 Å². The number of hydrogen-bond donors (Lipinski definition) is 0. The highest BCUT2D eigenvalue weighted by Gasteiger charge is 2.15. The lowest BCUT2D eigenvalue weighted by molar-refractivity contribution is 0.0598. The first-order chi connectivity index (χ1) is 12.3. The Morgan fingerprint density at radius 3 is 2.52 bits per heavy atom. The number of carbonyl (C=O) groups excluding carboxylic acids is 1. The molecule has 2 aromatic carbocycles. The summed E-state index contributed by atoms with van der Waals surface area (Å²) < 4.78 is 16.4. The van der Waals surface area contributed by atoms with Gasteiger partial charge in [0.15, 0.2) is 0 Å². The minimum atomic E-state index is -0.453. The molecule has 25 heavy (non-hydrogen) atoms. The van der Waals surface area contributed by atoms with E-state index < -0.39 is 5.97 Å². The molecule has 0 unspecified atom stereocenters. The molecule has 0 radical (unpaired) electrons. The standard InChI is InChI=1S/C20H17NO4/c1-23-20(22)18-10-9-15(14-24-17-8-5-11-21-13-17)12-19(18)25-16-6-3-2-4-7-16/h2-13H,14H2,1H3. The predicted molar refractivity (Wildman–Crippen MR) is 92.9 cm³/mol. The van der Waals surface area contributed by atoms with Crippen LogP contribution in [0.25, 0.3) is 0 Å². The molecule has 0 saturated carbocycles. The molecule has 0 spiro atoms. The number of methoxy groups -OCH3 is 1. The van der Waals surface area contributed by atoms with Gasteiger partial charge in [0.2, 0.25) is 0 Å². The first-order valence-corrected chi connectivity index (χ1v) is 7.73. The van der Waals surface area contributed by atoms with E-state index in [2.05, 4.69) is 4.98 Å². The van der Waals surface area contributed by atoms with E-state index in [4.69, 9.17) is 14.2 Å². The zero-order valence-electron chi connectivity index (χ0n) is 13.7. The van der Waals surface area contributed by atoms with E-state index in [9.17, 15) is 4.79 Å². The van der Waals surface area contributed by atoms with E-state index >= 15 is 0 Å². The summed E-state index contributed by atoms with van der Waals surface area (Å²) in [4.78, 5) is 16.0. The van der Waals surface area contributed by atoms with E-state index in [1.165, 1.54) is 7.11 Å². The fourth-order valence-electron chi connectivity index (χ4n) is 2.23. The van der Waals surface area contributed by atoms with Gasteiger partial charge in [-0.05, 0) is 42.0 Å². The summed E-state index contributed by atoms with van der Waals surface area (Å²) in [6, 6.07) is 18.1. The summed E-state index contributed by atoms with van der Waals surface area (Å²) in [5.41, 5.74) is 1.22. The molecule has 5 nitrogen and oxygen atoms in total. The quantitative estimate of drug-likeness (QED) is 0.631. The Hall–Kier alpha value is -3.34. The number of aromatic nitrogens is 1. The second-order valence-corrected chi connectivity index (χ2v) is 5.21. The smallest absolute Gasteiger partial charge is 0.341 e. The van der Waals surface area contributed by atoms with Crippen LogP contribution in [0.1, 0.15) is 15.9 Å². The van der Waals surface area contributed by atoms with Crippen LogP contribution in [0.3, 0.4) is 0 Å². The third-order valence-corrected chi connectivity index (χ3v) is 3.46. The number of rotatable bonds is 6. The Kier molecular flexibility index (Phi) is 5.26. The monoisotopic (exact) mass is 335 g/mol. The van der Waals surface area contributed by atoms with E-state index in [1.54, 1.807) is 36.7 Å². The zero-order chi connectivity index (χ0) is 17.5. The maximum absolute atomic E-state index is 12.0. The van der Waals surface area contributed by atoms with Crippen LogP contribution in [-0.4, -0.2) is 18.1 Å². The molecule has 0 aliphatic heterocycles. The van der Waals surface area contributed by atoms with Gasteiger partial charge >= 0.3 is 5.97 Å². The normalized spacial score (nSPS) is 10.1. The molecule has 0 N–H and O–H groups in total. The van der Waals surface area contributed by atoms with Gasteiger partial charge in [0.05, 0.1) is 13.3 Å². The van der Waals surface area contributed by atoms with Crippen LogP contribution < -0.4 is 9.47 Å². The molecule has 3 rings (SSSR count). The molecule has 1 aromatic heterocycles. The average molecular weight is 335 g/mol. The molecule has 3 aromatic rings.